The predicted octanol–water partition coefficient (Wildman–Crippen LogP) is 2.83. The number of benzene rings is 1. The minimum absolute atomic E-state index is 0.197. The Hall–Kier alpha value is -3.63. The van der Waals surface area contributed by atoms with Crippen LogP contribution in [0.5, 0.6) is 5.75 Å². The molecule has 0 radical (unpaired) electrons. The molecule has 2 aromatic rings. The number of amides is 3. The molecule has 0 atom stereocenters. The zero-order chi connectivity index (χ0) is 22.5. The molecule has 3 heterocycles. The van der Waals surface area contributed by atoms with Gasteiger partial charge < -0.3 is 15.0 Å². The lowest BCUT2D eigenvalue weighted by Gasteiger charge is -2.21. The molecule has 1 spiro atoms. The van der Waals surface area contributed by atoms with Gasteiger partial charge in [0.2, 0.25) is 0 Å². The van der Waals surface area contributed by atoms with Gasteiger partial charge in [0.15, 0.2) is 0 Å². The summed E-state index contributed by atoms with van der Waals surface area (Å²) in [5.74, 6) is -0.103. The molecule has 1 N–H and O–H groups in total. The van der Waals surface area contributed by atoms with E-state index in [1.807, 2.05) is 6.07 Å². The van der Waals surface area contributed by atoms with Crippen molar-refractivity contribution in [2.24, 2.45) is 4.99 Å². The fourth-order valence-electron chi connectivity index (χ4n) is 4.01. The number of hydrogen-bond donors (Lipinski definition) is 1. The topological polar surface area (TPSA) is 87.1 Å². The zero-order valence-electron chi connectivity index (χ0n) is 16.7. The number of halogens is 3. The van der Waals surface area contributed by atoms with Crippen LogP contribution in [0.15, 0.2) is 47.6 Å². The Bertz CT molecular complexity index is 1110. The molecule has 2 aliphatic heterocycles. The number of ether oxygens (including phenoxy) is 1. The third-order valence-electron chi connectivity index (χ3n) is 5.67. The maximum absolute atomic E-state index is 13.2. The van der Waals surface area contributed by atoms with Crippen LogP contribution in [-0.4, -0.2) is 52.6 Å². The number of nitrogens with one attached hydrogen (secondary N) is 1. The molecule has 3 amide bonds. The number of imide groups is 1. The fraction of sp³-hybridized carbons (Fsp3) is 0.333. The Balaban J connectivity index is 1.38. The van der Waals surface area contributed by atoms with E-state index in [1.54, 1.807) is 12.3 Å². The molecule has 8 nitrogen and oxygen atoms in total. The van der Waals surface area contributed by atoms with E-state index >= 15 is 0 Å². The van der Waals surface area contributed by atoms with Crippen LogP contribution in [0.2, 0.25) is 0 Å². The lowest BCUT2D eigenvalue weighted by atomic mass is 10.1. The molecule has 0 unspecified atom stereocenters. The van der Waals surface area contributed by atoms with Gasteiger partial charge >= 0.3 is 12.4 Å². The number of aliphatic imine (C=N–C) groups is 1. The molecule has 1 saturated heterocycles. The van der Waals surface area contributed by atoms with Gasteiger partial charge in [-0.2, -0.15) is 0 Å². The highest BCUT2D eigenvalue weighted by molar-refractivity contribution is 6.24. The Labute approximate surface area is 180 Å². The van der Waals surface area contributed by atoms with Crippen LogP contribution in [0.4, 0.5) is 23.7 Å². The van der Waals surface area contributed by atoms with Crippen molar-refractivity contribution in [3.05, 3.63) is 53.9 Å². The van der Waals surface area contributed by atoms with E-state index in [2.05, 4.69) is 20.0 Å². The zero-order valence-corrected chi connectivity index (χ0v) is 16.7. The van der Waals surface area contributed by atoms with Crippen molar-refractivity contribution >= 4 is 23.5 Å². The monoisotopic (exact) mass is 445 g/mol. The number of carbonyl (C=O) groups excluding carboxylic acids is 2. The summed E-state index contributed by atoms with van der Waals surface area (Å²) in [6.07, 6.45) is -2.12. The van der Waals surface area contributed by atoms with E-state index < -0.39 is 23.7 Å². The van der Waals surface area contributed by atoms with Gasteiger partial charge in [0.25, 0.3) is 5.91 Å². The van der Waals surface area contributed by atoms with Crippen molar-refractivity contribution < 1.29 is 27.5 Å². The Morgan fingerprint density at radius 3 is 2.50 bits per heavy atom. The summed E-state index contributed by atoms with van der Waals surface area (Å²) in [5.41, 5.74) is 0.753. The summed E-state index contributed by atoms with van der Waals surface area (Å²) < 4.78 is 41.1. The third kappa shape index (κ3) is 3.53. The van der Waals surface area contributed by atoms with Gasteiger partial charge in [-0.15, -0.1) is 13.2 Å². The number of hydrogen-bond acceptors (Lipinski definition) is 6. The van der Waals surface area contributed by atoms with E-state index in [4.69, 9.17) is 0 Å². The molecule has 5 rings (SSSR count). The third-order valence-corrected chi connectivity index (χ3v) is 5.67. The van der Waals surface area contributed by atoms with Crippen LogP contribution in [-0.2, 0) is 11.3 Å². The van der Waals surface area contributed by atoms with Crippen LogP contribution in [0.25, 0.3) is 0 Å². The van der Waals surface area contributed by atoms with Gasteiger partial charge in [-0.25, -0.2) is 9.69 Å². The lowest BCUT2D eigenvalue weighted by Crippen LogP contribution is -2.36. The van der Waals surface area contributed by atoms with E-state index in [0.29, 0.717) is 30.9 Å². The van der Waals surface area contributed by atoms with Crippen LogP contribution < -0.4 is 15.0 Å². The molecule has 1 aromatic heterocycles. The van der Waals surface area contributed by atoms with Crippen molar-refractivity contribution in [2.75, 3.05) is 18.0 Å². The molecule has 2 fully saturated rings. The average molecular weight is 445 g/mol. The van der Waals surface area contributed by atoms with Crippen LogP contribution in [0.3, 0.4) is 0 Å². The summed E-state index contributed by atoms with van der Waals surface area (Å²) in [6.45, 7) is 1.62. The average Bonchev–Trinajstić information content (AvgIpc) is 3.31. The highest BCUT2D eigenvalue weighted by Gasteiger charge is 2.65. The minimum Gasteiger partial charge on any atom is -0.406 e. The molecule has 1 aromatic carbocycles. The summed E-state index contributed by atoms with van der Waals surface area (Å²) in [6, 6.07) is 7.80. The van der Waals surface area contributed by atoms with Gasteiger partial charge in [-0.05, 0) is 54.8 Å². The Kier molecular flexibility index (Phi) is 4.57. The van der Waals surface area contributed by atoms with Gasteiger partial charge in [0, 0.05) is 19.3 Å². The highest BCUT2D eigenvalue weighted by Crippen LogP contribution is 2.49. The first kappa shape index (κ1) is 20.3. The molecule has 0 bridgehead atoms. The van der Waals surface area contributed by atoms with Crippen LogP contribution in [0.1, 0.15) is 24.1 Å². The SMILES string of the molecule is O=C1N(c2ccc(OC(F)(F)F)cc2)C(=O)C2(CC2)N1Cc1ccnc(C2=NCCN2)c1. The first-order valence-corrected chi connectivity index (χ1v) is 10.0. The number of amidine groups is 1. The molecule has 1 aliphatic carbocycles. The number of anilines is 1. The van der Waals surface area contributed by atoms with E-state index in [9.17, 15) is 22.8 Å². The van der Waals surface area contributed by atoms with E-state index in [0.717, 1.165) is 29.1 Å². The molecule has 166 valence electrons. The summed E-state index contributed by atoms with van der Waals surface area (Å²) in [7, 11) is 0. The van der Waals surface area contributed by atoms with Crippen molar-refractivity contribution in [1.82, 2.24) is 15.2 Å². The van der Waals surface area contributed by atoms with Crippen molar-refractivity contribution in [3.63, 3.8) is 0 Å². The molecule has 1 saturated carbocycles. The molecule has 32 heavy (non-hydrogen) atoms. The molecular formula is C21H18F3N5O3. The number of urea groups is 1. The second-order valence-corrected chi connectivity index (χ2v) is 7.79. The van der Waals surface area contributed by atoms with E-state index in [1.165, 1.54) is 17.0 Å². The number of carbonyl (C=O) groups is 2. The van der Waals surface area contributed by atoms with Crippen LogP contribution in [0, 0.1) is 0 Å². The Morgan fingerprint density at radius 2 is 1.88 bits per heavy atom. The van der Waals surface area contributed by atoms with Gasteiger partial charge in [0.05, 0.1) is 12.2 Å². The number of alkyl halides is 3. The maximum atomic E-state index is 13.2. The highest BCUT2D eigenvalue weighted by atomic mass is 19.4. The smallest absolute Gasteiger partial charge is 0.406 e. The summed E-state index contributed by atoms with van der Waals surface area (Å²) in [5, 5.41) is 3.15. The molecular weight excluding hydrogens is 427 g/mol. The van der Waals surface area contributed by atoms with Crippen LogP contribution >= 0.6 is 0 Å². The van der Waals surface area contributed by atoms with Crippen molar-refractivity contribution in [2.45, 2.75) is 31.3 Å². The lowest BCUT2D eigenvalue weighted by molar-refractivity contribution is -0.274. The van der Waals surface area contributed by atoms with Gasteiger partial charge in [0.1, 0.15) is 22.8 Å². The fourth-order valence-corrected chi connectivity index (χ4v) is 4.01. The van der Waals surface area contributed by atoms with Gasteiger partial charge in [-0.3, -0.25) is 14.8 Å². The standard InChI is InChI=1S/C21H18F3N5O3/c22-21(23,24)32-15-3-1-14(2-4-15)29-18(30)20(6-7-20)28(19(29)31)12-13-5-8-25-16(11-13)17-26-9-10-27-17/h1-5,8,11H,6-7,9-10,12H2,(H,26,27). The van der Waals surface area contributed by atoms with Gasteiger partial charge in [-0.1, -0.05) is 0 Å². The Morgan fingerprint density at radius 1 is 1.12 bits per heavy atom. The number of pyridine rings is 1. The second-order valence-electron chi connectivity index (χ2n) is 7.79. The first-order chi connectivity index (χ1) is 15.3. The first-order valence-electron chi connectivity index (χ1n) is 10.0. The predicted molar refractivity (Wildman–Crippen MR) is 107 cm³/mol. The minimum atomic E-state index is -4.82. The summed E-state index contributed by atoms with van der Waals surface area (Å²) in [4.78, 5) is 37.5. The normalized spacial score (nSPS) is 19.4. The largest absolute Gasteiger partial charge is 0.573 e. The quantitative estimate of drug-likeness (QED) is 0.716. The number of aromatic nitrogens is 1. The molecule has 3 aliphatic rings. The van der Waals surface area contributed by atoms with E-state index in [-0.39, 0.29) is 18.1 Å². The number of rotatable bonds is 5. The maximum Gasteiger partial charge on any atom is 0.573 e. The second kappa shape index (κ2) is 7.21. The number of nitrogens with zero attached hydrogens (tertiary/aromatic N) is 4. The van der Waals surface area contributed by atoms with Crippen molar-refractivity contribution in [1.29, 1.82) is 0 Å². The van der Waals surface area contributed by atoms with Crippen molar-refractivity contribution in [3.8, 4) is 5.75 Å². The molecule has 11 heteroatoms. The summed E-state index contributed by atoms with van der Waals surface area (Å²) >= 11 is 0.